The molecule has 0 spiro atoms. The highest BCUT2D eigenvalue weighted by Crippen LogP contribution is 2.35. The zero-order chi connectivity index (χ0) is 14.8. The van der Waals surface area contributed by atoms with Crippen LogP contribution in [0.5, 0.6) is 5.75 Å². The van der Waals surface area contributed by atoms with Crippen molar-refractivity contribution in [1.82, 2.24) is 5.32 Å². The molecule has 21 heavy (non-hydrogen) atoms. The SMILES string of the molecule is Nc1ccc(O)c(CNC(=O)C2CCCc3sccc32)c1. The summed E-state index contributed by atoms with van der Waals surface area (Å²) < 4.78 is 0. The molecule has 1 aromatic heterocycles. The first-order valence-electron chi connectivity index (χ1n) is 7.06. The quantitative estimate of drug-likeness (QED) is 0.603. The molecule has 1 aromatic carbocycles. The molecule has 5 heteroatoms. The third kappa shape index (κ3) is 2.88. The Kier molecular flexibility index (Phi) is 3.84. The average Bonchev–Trinajstić information content (AvgIpc) is 2.96. The summed E-state index contributed by atoms with van der Waals surface area (Å²) in [4.78, 5) is 13.7. The summed E-state index contributed by atoms with van der Waals surface area (Å²) >= 11 is 1.73. The highest BCUT2D eigenvalue weighted by molar-refractivity contribution is 7.10. The minimum atomic E-state index is -0.0665. The highest BCUT2D eigenvalue weighted by atomic mass is 32.1. The highest BCUT2D eigenvalue weighted by Gasteiger charge is 2.27. The Morgan fingerprint density at radius 1 is 1.43 bits per heavy atom. The van der Waals surface area contributed by atoms with Crippen molar-refractivity contribution in [2.45, 2.75) is 31.7 Å². The molecule has 1 heterocycles. The van der Waals surface area contributed by atoms with Crippen LogP contribution in [0.1, 0.15) is 34.8 Å². The van der Waals surface area contributed by atoms with Crippen LogP contribution in [0, 0.1) is 0 Å². The number of hydrogen-bond acceptors (Lipinski definition) is 4. The lowest BCUT2D eigenvalue weighted by atomic mass is 9.87. The number of anilines is 1. The van der Waals surface area contributed by atoms with E-state index in [0.29, 0.717) is 17.8 Å². The Balaban J connectivity index is 1.69. The number of carbonyl (C=O) groups is 1. The number of thiophene rings is 1. The van der Waals surface area contributed by atoms with Crippen molar-refractivity contribution in [3.8, 4) is 5.75 Å². The lowest BCUT2D eigenvalue weighted by Crippen LogP contribution is -2.30. The zero-order valence-electron chi connectivity index (χ0n) is 11.6. The van der Waals surface area contributed by atoms with Crippen LogP contribution in [0.2, 0.25) is 0 Å². The predicted molar refractivity (Wildman–Crippen MR) is 84.4 cm³/mol. The van der Waals surface area contributed by atoms with Gasteiger partial charge in [0.05, 0.1) is 5.92 Å². The monoisotopic (exact) mass is 302 g/mol. The fourth-order valence-electron chi connectivity index (χ4n) is 2.81. The number of fused-ring (bicyclic) bond motifs is 1. The molecule has 1 amide bonds. The number of nitrogens with two attached hydrogens (primary N) is 1. The molecule has 0 saturated carbocycles. The Bertz CT molecular complexity index is 666. The first-order chi connectivity index (χ1) is 10.1. The number of phenols is 1. The summed E-state index contributed by atoms with van der Waals surface area (Å²) in [6.45, 7) is 0.297. The predicted octanol–water partition coefficient (Wildman–Crippen LogP) is 2.77. The van der Waals surface area contributed by atoms with Gasteiger partial charge in [-0.1, -0.05) is 0 Å². The van der Waals surface area contributed by atoms with Crippen LogP contribution in [0.3, 0.4) is 0 Å². The van der Waals surface area contributed by atoms with Gasteiger partial charge in [0.15, 0.2) is 0 Å². The third-order valence-corrected chi connectivity index (χ3v) is 4.92. The summed E-state index contributed by atoms with van der Waals surface area (Å²) in [6.07, 6.45) is 3.01. The van der Waals surface area contributed by atoms with Crippen molar-refractivity contribution in [3.63, 3.8) is 0 Å². The Morgan fingerprint density at radius 2 is 2.29 bits per heavy atom. The van der Waals surface area contributed by atoms with Gasteiger partial charge in [-0.2, -0.15) is 0 Å². The van der Waals surface area contributed by atoms with Crippen LogP contribution in [0.25, 0.3) is 0 Å². The Labute approximate surface area is 127 Å². The molecule has 0 bridgehead atoms. The maximum absolute atomic E-state index is 12.4. The summed E-state index contributed by atoms with van der Waals surface area (Å²) in [5.74, 6) is 0.115. The van der Waals surface area contributed by atoms with Gasteiger partial charge in [0.25, 0.3) is 0 Å². The smallest absolute Gasteiger partial charge is 0.227 e. The maximum atomic E-state index is 12.4. The molecule has 0 radical (unpaired) electrons. The number of aromatic hydroxyl groups is 1. The molecule has 3 rings (SSSR count). The average molecular weight is 302 g/mol. The van der Waals surface area contributed by atoms with Gasteiger partial charge >= 0.3 is 0 Å². The Hall–Kier alpha value is -2.01. The van der Waals surface area contributed by atoms with Gasteiger partial charge in [-0.15, -0.1) is 11.3 Å². The lowest BCUT2D eigenvalue weighted by Gasteiger charge is -2.22. The van der Waals surface area contributed by atoms with E-state index in [9.17, 15) is 9.90 Å². The van der Waals surface area contributed by atoms with Gasteiger partial charge in [-0.25, -0.2) is 0 Å². The molecule has 4 nitrogen and oxygen atoms in total. The number of phenolic OH excluding ortho intramolecular Hbond substituents is 1. The Morgan fingerprint density at radius 3 is 3.14 bits per heavy atom. The van der Waals surface area contributed by atoms with Gasteiger partial charge in [0, 0.05) is 22.7 Å². The normalized spacial score (nSPS) is 17.2. The topological polar surface area (TPSA) is 75.3 Å². The van der Waals surface area contributed by atoms with E-state index in [2.05, 4.69) is 16.8 Å². The van der Waals surface area contributed by atoms with E-state index >= 15 is 0 Å². The van der Waals surface area contributed by atoms with Crippen molar-refractivity contribution in [3.05, 3.63) is 45.6 Å². The number of rotatable bonds is 3. The molecule has 2 aromatic rings. The number of amides is 1. The first kappa shape index (κ1) is 13.9. The van der Waals surface area contributed by atoms with Crippen molar-refractivity contribution in [2.24, 2.45) is 0 Å². The number of benzene rings is 1. The zero-order valence-corrected chi connectivity index (χ0v) is 12.5. The fraction of sp³-hybridized carbons (Fsp3) is 0.312. The van der Waals surface area contributed by atoms with E-state index in [0.717, 1.165) is 19.3 Å². The molecule has 1 unspecified atom stereocenters. The van der Waals surface area contributed by atoms with Crippen molar-refractivity contribution < 1.29 is 9.90 Å². The van der Waals surface area contributed by atoms with E-state index in [1.165, 1.54) is 10.4 Å². The number of nitrogens with one attached hydrogen (secondary N) is 1. The molecule has 4 N–H and O–H groups in total. The standard InChI is InChI=1S/C16H18N2O2S/c17-11-4-5-14(19)10(8-11)9-18-16(20)13-2-1-3-15-12(13)6-7-21-15/h4-8,13,19H,1-3,9,17H2,(H,18,20). The summed E-state index contributed by atoms with van der Waals surface area (Å²) in [5, 5.41) is 14.8. The van der Waals surface area contributed by atoms with Gasteiger partial charge in [-0.3, -0.25) is 4.79 Å². The van der Waals surface area contributed by atoms with E-state index in [1.54, 1.807) is 29.5 Å². The van der Waals surface area contributed by atoms with Crippen LogP contribution in [-0.2, 0) is 17.8 Å². The molecule has 1 atom stereocenters. The fourth-order valence-corrected chi connectivity index (χ4v) is 3.80. The van der Waals surface area contributed by atoms with Gasteiger partial charge in [0.2, 0.25) is 5.91 Å². The number of carbonyl (C=O) groups excluding carboxylic acids is 1. The molecule has 0 aliphatic heterocycles. The second kappa shape index (κ2) is 5.77. The second-order valence-corrected chi connectivity index (χ2v) is 6.35. The third-order valence-electron chi connectivity index (χ3n) is 3.93. The van der Waals surface area contributed by atoms with Crippen LogP contribution in [-0.4, -0.2) is 11.0 Å². The van der Waals surface area contributed by atoms with Crippen LogP contribution in [0.15, 0.2) is 29.6 Å². The van der Waals surface area contributed by atoms with E-state index in [4.69, 9.17) is 5.73 Å². The largest absolute Gasteiger partial charge is 0.508 e. The molecular weight excluding hydrogens is 284 g/mol. The summed E-state index contributed by atoms with van der Waals surface area (Å²) in [7, 11) is 0. The number of nitrogen functional groups attached to an aromatic ring is 1. The molecule has 110 valence electrons. The van der Waals surface area contributed by atoms with Crippen LogP contribution >= 0.6 is 11.3 Å². The van der Waals surface area contributed by atoms with Crippen molar-refractivity contribution >= 4 is 22.9 Å². The lowest BCUT2D eigenvalue weighted by molar-refractivity contribution is -0.123. The minimum Gasteiger partial charge on any atom is -0.508 e. The summed E-state index contributed by atoms with van der Waals surface area (Å²) in [6, 6.07) is 6.93. The van der Waals surface area contributed by atoms with Gasteiger partial charge < -0.3 is 16.2 Å². The molecule has 1 aliphatic carbocycles. The van der Waals surface area contributed by atoms with Gasteiger partial charge in [-0.05, 0) is 54.5 Å². The van der Waals surface area contributed by atoms with E-state index in [1.807, 2.05) is 0 Å². The number of aryl methyl sites for hydroxylation is 1. The molecule has 1 aliphatic rings. The van der Waals surface area contributed by atoms with E-state index < -0.39 is 0 Å². The first-order valence-corrected chi connectivity index (χ1v) is 7.94. The van der Waals surface area contributed by atoms with E-state index in [-0.39, 0.29) is 17.6 Å². The second-order valence-electron chi connectivity index (χ2n) is 5.35. The van der Waals surface area contributed by atoms with Crippen LogP contribution < -0.4 is 11.1 Å². The number of hydrogen-bond donors (Lipinski definition) is 3. The van der Waals surface area contributed by atoms with Crippen molar-refractivity contribution in [1.29, 1.82) is 0 Å². The molecule has 0 saturated heterocycles. The van der Waals surface area contributed by atoms with Crippen LogP contribution in [0.4, 0.5) is 5.69 Å². The maximum Gasteiger partial charge on any atom is 0.227 e. The summed E-state index contributed by atoms with van der Waals surface area (Å²) in [5.41, 5.74) is 8.09. The molecule has 0 fully saturated rings. The molecular formula is C16H18N2O2S. The minimum absolute atomic E-state index is 0.0242. The van der Waals surface area contributed by atoms with Crippen molar-refractivity contribution in [2.75, 3.05) is 5.73 Å². The van der Waals surface area contributed by atoms with Gasteiger partial charge in [0.1, 0.15) is 5.75 Å².